The summed E-state index contributed by atoms with van der Waals surface area (Å²) in [4.78, 5) is 39.8. The molecular weight excluding hydrogens is 712 g/mol. The van der Waals surface area contributed by atoms with Gasteiger partial charge in [-0.3, -0.25) is 19.1 Å². The maximum absolute atomic E-state index is 13.8. The van der Waals surface area contributed by atoms with E-state index in [0.29, 0.717) is 28.2 Å². The lowest BCUT2D eigenvalue weighted by Gasteiger charge is -2.41. The van der Waals surface area contributed by atoms with Gasteiger partial charge in [0.1, 0.15) is 29.2 Å². The molecule has 53 heavy (non-hydrogen) atoms. The molecule has 0 aliphatic carbocycles. The number of carbonyl (C=O) groups excluding carboxylic acids is 1. The summed E-state index contributed by atoms with van der Waals surface area (Å²) in [6.07, 6.45) is -8.07. The van der Waals surface area contributed by atoms with Gasteiger partial charge >= 0.3 is 17.8 Å². The summed E-state index contributed by atoms with van der Waals surface area (Å²) in [6.45, 7) is 9.41. The molecule has 3 aromatic carbocycles. The number of alkyl halides is 3. The number of H-pyrrole nitrogens is 1. The van der Waals surface area contributed by atoms with Gasteiger partial charge in [0.15, 0.2) is 14.5 Å². The van der Waals surface area contributed by atoms with E-state index in [-0.39, 0.29) is 6.61 Å². The second-order valence-corrected chi connectivity index (χ2v) is 19.0. The smallest absolute Gasteiger partial charge is 0.471 e. The van der Waals surface area contributed by atoms with Gasteiger partial charge in [-0.25, -0.2) is 4.79 Å². The van der Waals surface area contributed by atoms with Crippen molar-refractivity contribution >= 4 is 14.2 Å². The SMILES string of the molecule is COc1ccc(C(OC[C@H]2O[C@@H](n3ccc(=O)[nH]c3=O)[C@H](NC(=O)C(F)(F)F)[C@@H]2O[Si](C)(C)C(C)(C)C)(c2ccccc2)c2ccc(OC)cc2)cc1. The van der Waals surface area contributed by atoms with Gasteiger partial charge in [-0.05, 0) is 59.1 Å². The van der Waals surface area contributed by atoms with Crippen LogP contribution in [0.3, 0.4) is 0 Å². The van der Waals surface area contributed by atoms with Crippen molar-refractivity contribution in [3.05, 3.63) is 129 Å². The standard InChI is InChI=1S/C38H44F3N3O8Si/c1-36(2,3)53(6,7)52-32-29(51-33(31(32)43-34(46)38(39,40)41)44-22-21-30(45)42-35(44)47)23-50-37(24-11-9-8-10-12-24,25-13-17-27(48-4)18-14-25)26-15-19-28(49-5)20-16-26/h8-22,29,31-33H,23H2,1-7H3,(H,43,46)(H,42,45,47)/t29-,31-,32-,33-/m1/s1. The van der Waals surface area contributed by atoms with Gasteiger partial charge in [0.05, 0.1) is 26.9 Å². The molecule has 0 radical (unpaired) electrons. The number of rotatable bonds is 12. The first-order valence-electron chi connectivity index (χ1n) is 16.9. The average Bonchev–Trinajstić information content (AvgIpc) is 3.43. The van der Waals surface area contributed by atoms with E-state index in [4.69, 9.17) is 23.4 Å². The largest absolute Gasteiger partial charge is 0.497 e. The van der Waals surface area contributed by atoms with Gasteiger partial charge in [-0.15, -0.1) is 0 Å². The van der Waals surface area contributed by atoms with Crippen LogP contribution in [0.15, 0.2) is 101 Å². The van der Waals surface area contributed by atoms with Crippen molar-refractivity contribution < 1.29 is 41.3 Å². The number of carbonyl (C=O) groups is 1. The number of methoxy groups -OCH3 is 2. The van der Waals surface area contributed by atoms with E-state index in [9.17, 15) is 27.6 Å². The van der Waals surface area contributed by atoms with Crippen molar-refractivity contribution in [3.8, 4) is 11.5 Å². The van der Waals surface area contributed by atoms with Crippen LogP contribution >= 0.6 is 0 Å². The fourth-order valence-electron chi connectivity index (χ4n) is 6.07. The Morgan fingerprint density at radius 1 is 0.849 bits per heavy atom. The molecule has 284 valence electrons. The quantitative estimate of drug-likeness (QED) is 0.135. The summed E-state index contributed by atoms with van der Waals surface area (Å²) < 4.78 is 73.6. The number of halogens is 3. The Morgan fingerprint density at radius 2 is 1.38 bits per heavy atom. The number of hydrogen-bond donors (Lipinski definition) is 2. The summed E-state index contributed by atoms with van der Waals surface area (Å²) >= 11 is 0. The zero-order valence-corrected chi connectivity index (χ0v) is 31.5. The van der Waals surface area contributed by atoms with Crippen molar-refractivity contribution in [1.29, 1.82) is 0 Å². The molecule has 4 aromatic rings. The van der Waals surface area contributed by atoms with Gasteiger partial charge < -0.3 is 28.7 Å². The highest BCUT2D eigenvalue weighted by atomic mass is 28.4. The molecule has 2 N–H and O–H groups in total. The molecule has 0 unspecified atom stereocenters. The second kappa shape index (κ2) is 15.3. The first kappa shape index (κ1) is 39.5. The van der Waals surface area contributed by atoms with E-state index < -0.39 is 66.8 Å². The highest BCUT2D eigenvalue weighted by Gasteiger charge is 2.54. The summed E-state index contributed by atoms with van der Waals surface area (Å²) in [6, 6.07) is 23.4. The molecule has 1 aromatic heterocycles. The number of aromatic nitrogens is 2. The molecule has 4 atom stereocenters. The number of aromatic amines is 1. The monoisotopic (exact) mass is 755 g/mol. The molecule has 0 spiro atoms. The highest BCUT2D eigenvalue weighted by molar-refractivity contribution is 6.74. The maximum atomic E-state index is 13.8. The van der Waals surface area contributed by atoms with E-state index in [1.165, 1.54) is 0 Å². The zero-order chi connectivity index (χ0) is 38.8. The third kappa shape index (κ3) is 8.27. The number of nitrogens with zero attached hydrogens (tertiary/aromatic N) is 1. The van der Waals surface area contributed by atoms with Crippen molar-refractivity contribution in [2.45, 2.75) is 75.2 Å². The van der Waals surface area contributed by atoms with E-state index in [2.05, 4.69) is 10.3 Å². The highest BCUT2D eigenvalue weighted by Crippen LogP contribution is 2.45. The molecule has 5 rings (SSSR count). The van der Waals surface area contributed by atoms with E-state index in [0.717, 1.165) is 16.8 Å². The van der Waals surface area contributed by atoms with Gasteiger partial charge in [-0.1, -0.05) is 75.4 Å². The molecule has 0 bridgehead atoms. The van der Waals surface area contributed by atoms with Crippen LogP contribution in [0.25, 0.3) is 0 Å². The lowest BCUT2D eigenvalue weighted by Crippen LogP contribution is -2.56. The van der Waals surface area contributed by atoms with Gasteiger partial charge in [-0.2, -0.15) is 13.2 Å². The topological polar surface area (TPSA) is 130 Å². The van der Waals surface area contributed by atoms with Gasteiger partial charge in [0.2, 0.25) is 0 Å². The molecule has 15 heteroatoms. The zero-order valence-electron chi connectivity index (χ0n) is 30.5. The Bertz CT molecular complexity index is 1930. The minimum Gasteiger partial charge on any atom is -0.497 e. The Balaban J connectivity index is 1.69. The molecular formula is C38H44F3N3O8Si. The Morgan fingerprint density at radius 3 is 1.85 bits per heavy atom. The molecule has 1 fully saturated rings. The number of ether oxygens (including phenoxy) is 4. The molecule has 1 aliphatic rings. The fraction of sp³-hybridized carbons (Fsp3) is 0.395. The fourth-order valence-corrected chi connectivity index (χ4v) is 7.40. The van der Waals surface area contributed by atoms with E-state index >= 15 is 0 Å². The van der Waals surface area contributed by atoms with E-state index in [1.807, 2.05) is 88.5 Å². The van der Waals surface area contributed by atoms with Crippen LogP contribution in [-0.2, 0) is 24.3 Å². The number of amides is 1. The van der Waals surface area contributed by atoms with Crippen molar-refractivity contribution in [1.82, 2.24) is 14.9 Å². The minimum atomic E-state index is -5.26. The molecule has 1 saturated heterocycles. The predicted molar refractivity (Wildman–Crippen MR) is 194 cm³/mol. The van der Waals surface area contributed by atoms with Crippen molar-refractivity contribution in [2.75, 3.05) is 20.8 Å². The minimum absolute atomic E-state index is 0.292. The number of hydrogen-bond acceptors (Lipinski definition) is 8. The summed E-state index contributed by atoms with van der Waals surface area (Å²) in [5.41, 5.74) is -0.931. The summed E-state index contributed by atoms with van der Waals surface area (Å²) in [5.74, 6) is -1.04. The summed E-state index contributed by atoms with van der Waals surface area (Å²) in [7, 11) is 0.274. The predicted octanol–water partition coefficient (Wildman–Crippen LogP) is 5.90. The number of nitrogens with one attached hydrogen (secondary N) is 2. The van der Waals surface area contributed by atoms with Crippen LogP contribution in [-0.4, -0.2) is 69.0 Å². The van der Waals surface area contributed by atoms with Crippen LogP contribution in [0.1, 0.15) is 43.7 Å². The van der Waals surface area contributed by atoms with Crippen LogP contribution in [0.2, 0.25) is 18.1 Å². The summed E-state index contributed by atoms with van der Waals surface area (Å²) in [5, 5.41) is 1.63. The van der Waals surface area contributed by atoms with Gasteiger partial charge in [0, 0.05) is 12.3 Å². The Labute approximate surface area is 306 Å². The van der Waals surface area contributed by atoms with Crippen molar-refractivity contribution in [2.24, 2.45) is 0 Å². The normalized spacial score (nSPS) is 19.5. The maximum Gasteiger partial charge on any atom is 0.471 e. The van der Waals surface area contributed by atoms with Gasteiger partial charge in [0.25, 0.3) is 5.56 Å². The average molecular weight is 756 g/mol. The first-order valence-corrected chi connectivity index (χ1v) is 19.8. The third-order valence-electron chi connectivity index (χ3n) is 9.90. The van der Waals surface area contributed by atoms with Crippen LogP contribution in [0.4, 0.5) is 13.2 Å². The second-order valence-electron chi connectivity index (χ2n) is 14.2. The Hall–Kier alpha value is -4.70. The lowest BCUT2D eigenvalue weighted by atomic mass is 9.80. The van der Waals surface area contributed by atoms with E-state index in [1.54, 1.807) is 38.5 Å². The molecule has 11 nitrogen and oxygen atoms in total. The Kier molecular flexibility index (Phi) is 11.4. The van der Waals surface area contributed by atoms with Crippen molar-refractivity contribution in [3.63, 3.8) is 0 Å². The van der Waals surface area contributed by atoms with Crippen LogP contribution in [0, 0.1) is 0 Å². The molecule has 0 saturated carbocycles. The number of benzene rings is 3. The molecule has 1 amide bonds. The van der Waals surface area contributed by atoms with Crippen LogP contribution < -0.4 is 26.0 Å². The molecule has 1 aliphatic heterocycles. The third-order valence-corrected chi connectivity index (χ3v) is 14.4. The lowest BCUT2D eigenvalue weighted by molar-refractivity contribution is -0.175. The first-order chi connectivity index (χ1) is 24.9. The van der Waals surface area contributed by atoms with Crippen LogP contribution in [0.5, 0.6) is 11.5 Å². The molecule has 2 heterocycles.